The van der Waals surface area contributed by atoms with Crippen molar-refractivity contribution in [2.45, 2.75) is 13.1 Å². The lowest BCUT2D eigenvalue weighted by Crippen LogP contribution is -2.13. The van der Waals surface area contributed by atoms with Gasteiger partial charge in [0.1, 0.15) is 5.75 Å². The van der Waals surface area contributed by atoms with Gasteiger partial charge in [-0.05, 0) is 65.2 Å². The minimum absolute atomic E-state index is 0.267. The molecule has 0 amide bonds. The summed E-state index contributed by atoms with van der Waals surface area (Å²) in [5, 5.41) is 9.29. The first kappa shape index (κ1) is 14.5. The van der Waals surface area contributed by atoms with Crippen molar-refractivity contribution in [1.29, 1.82) is 0 Å². The summed E-state index contributed by atoms with van der Waals surface area (Å²) in [5.74, 6) is 0.267. The maximum absolute atomic E-state index is 9.29. The number of benzene rings is 3. The van der Waals surface area contributed by atoms with Gasteiger partial charge in [-0.15, -0.1) is 0 Å². The molecule has 0 bridgehead atoms. The van der Waals surface area contributed by atoms with Crippen LogP contribution in [0.4, 0.5) is 11.4 Å². The van der Waals surface area contributed by atoms with Crippen molar-refractivity contribution in [3.63, 3.8) is 0 Å². The molecule has 0 radical (unpaired) electrons. The second-order valence-electron chi connectivity index (χ2n) is 5.99. The number of aliphatic imine (C=N–C) groups is 1. The van der Waals surface area contributed by atoms with Crippen LogP contribution < -0.4 is 4.90 Å². The quantitative estimate of drug-likeness (QED) is 0.714. The van der Waals surface area contributed by atoms with E-state index in [2.05, 4.69) is 46.3 Å². The summed E-state index contributed by atoms with van der Waals surface area (Å²) < 4.78 is 0. The Kier molecular flexibility index (Phi) is 3.75. The Labute approximate surface area is 141 Å². The first-order valence-electron chi connectivity index (χ1n) is 8.03. The zero-order chi connectivity index (χ0) is 16.4. The number of aromatic hydroxyl groups is 1. The third-order valence-corrected chi connectivity index (χ3v) is 4.31. The van der Waals surface area contributed by atoms with Gasteiger partial charge in [0.05, 0.1) is 5.69 Å². The van der Waals surface area contributed by atoms with E-state index in [-0.39, 0.29) is 5.75 Å². The van der Waals surface area contributed by atoms with Gasteiger partial charge < -0.3 is 10.0 Å². The molecule has 0 atom stereocenters. The maximum Gasteiger partial charge on any atom is 0.115 e. The average Bonchev–Trinajstić information content (AvgIpc) is 3.06. The van der Waals surface area contributed by atoms with E-state index >= 15 is 0 Å². The lowest BCUT2D eigenvalue weighted by atomic mass is 10.1. The number of rotatable bonds is 3. The highest BCUT2D eigenvalue weighted by molar-refractivity contribution is 5.82. The van der Waals surface area contributed by atoms with E-state index in [4.69, 9.17) is 0 Å². The van der Waals surface area contributed by atoms with Crippen molar-refractivity contribution in [2.75, 3.05) is 4.90 Å². The Morgan fingerprint density at radius 3 is 2.04 bits per heavy atom. The topological polar surface area (TPSA) is 35.8 Å². The minimum Gasteiger partial charge on any atom is -0.508 e. The van der Waals surface area contributed by atoms with Crippen LogP contribution in [-0.2, 0) is 13.1 Å². The zero-order valence-electron chi connectivity index (χ0n) is 13.3. The summed E-state index contributed by atoms with van der Waals surface area (Å²) in [4.78, 5) is 6.86. The Hall–Kier alpha value is -3.07. The molecule has 1 aliphatic heterocycles. The minimum atomic E-state index is 0.267. The molecule has 3 aromatic rings. The van der Waals surface area contributed by atoms with Crippen molar-refractivity contribution < 1.29 is 5.11 Å². The molecule has 1 N–H and O–H groups in total. The molecule has 4 rings (SSSR count). The Bertz CT molecular complexity index is 842. The molecule has 0 spiro atoms. The van der Waals surface area contributed by atoms with Gasteiger partial charge in [0.15, 0.2) is 0 Å². The van der Waals surface area contributed by atoms with Gasteiger partial charge in [0.2, 0.25) is 0 Å². The number of nitrogens with zero attached hydrogens (tertiary/aromatic N) is 2. The first-order chi connectivity index (χ1) is 11.8. The van der Waals surface area contributed by atoms with Crippen molar-refractivity contribution in [3.8, 4) is 5.75 Å². The summed E-state index contributed by atoms with van der Waals surface area (Å²) in [6.45, 7) is 1.93. The first-order valence-corrected chi connectivity index (χ1v) is 8.03. The number of anilines is 1. The Balaban J connectivity index is 1.46. The number of fused-ring (bicyclic) bond motifs is 1. The summed E-state index contributed by atoms with van der Waals surface area (Å²) in [7, 11) is 0. The molecule has 3 nitrogen and oxygen atoms in total. The van der Waals surface area contributed by atoms with Crippen molar-refractivity contribution in [2.24, 2.45) is 4.99 Å². The molecule has 3 aromatic carbocycles. The number of phenolic OH excluding ortho intramolecular Hbond substituents is 1. The zero-order valence-corrected chi connectivity index (χ0v) is 13.3. The molecular weight excluding hydrogens is 296 g/mol. The van der Waals surface area contributed by atoms with Gasteiger partial charge in [-0.25, -0.2) is 0 Å². The highest BCUT2D eigenvalue weighted by atomic mass is 16.3. The average molecular weight is 314 g/mol. The lowest BCUT2D eigenvalue weighted by molar-refractivity contribution is 0.475. The van der Waals surface area contributed by atoms with E-state index < -0.39 is 0 Å². The highest BCUT2D eigenvalue weighted by Gasteiger charge is 2.18. The molecule has 24 heavy (non-hydrogen) atoms. The third-order valence-electron chi connectivity index (χ3n) is 4.31. The monoisotopic (exact) mass is 314 g/mol. The molecule has 1 aliphatic rings. The largest absolute Gasteiger partial charge is 0.508 e. The van der Waals surface area contributed by atoms with Crippen LogP contribution in [-0.4, -0.2) is 11.3 Å². The fourth-order valence-electron chi connectivity index (χ4n) is 2.97. The summed E-state index contributed by atoms with van der Waals surface area (Å²) in [6, 6.07) is 23.9. The van der Waals surface area contributed by atoms with Gasteiger partial charge >= 0.3 is 0 Å². The van der Waals surface area contributed by atoms with Crippen LogP contribution in [0.3, 0.4) is 0 Å². The van der Waals surface area contributed by atoms with Gasteiger partial charge in [0, 0.05) is 25.0 Å². The van der Waals surface area contributed by atoms with Crippen LogP contribution in [0.5, 0.6) is 5.75 Å². The Morgan fingerprint density at radius 2 is 1.42 bits per heavy atom. The SMILES string of the molecule is Oc1ccc(C=Nc2ccc(N3Cc4ccccc4C3)cc2)cc1. The summed E-state index contributed by atoms with van der Waals surface area (Å²) >= 11 is 0. The predicted octanol–water partition coefficient (Wildman–Crippen LogP) is 4.66. The van der Waals surface area contributed by atoms with E-state index in [0.717, 1.165) is 24.3 Å². The number of hydrogen-bond acceptors (Lipinski definition) is 3. The van der Waals surface area contributed by atoms with E-state index in [1.54, 1.807) is 18.3 Å². The van der Waals surface area contributed by atoms with Crippen LogP contribution in [0.1, 0.15) is 16.7 Å². The van der Waals surface area contributed by atoms with Crippen molar-refractivity contribution >= 4 is 17.6 Å². The van der Waals surface area contributed by atoms with Crippen LogP contribution in [0.2, 0.25) is 0 Å². The molecule has 0 unspecified atom stereocenters. The summed E-state index contributed by atoms with van der Waals surface area (Å²) in [6.07, 6.45) is 1.81. The van der Waals surface area contributed by atoms with Gasteiger partial charge in [0.25, 0.3) is 0 Å². The predicted molar refractivity (Wildman–Crippen MR) is 98.1 cm³/mol. The fraction of sp³-hybridized carbons (Fsp3) is 0.0952. The highest BCUT2D eigenvalue weighted by Crippen LogP contribution is 2.29. The molecule has 0 aromatic heterocycles. The van der Waals surface area contributed by atoms with E-state index in [0.29, 0.717) is 0 Å². The third kappa shape index (κ3) is 3.01. The van der Waals surface area contributed by atoms with Gasteiger partial charge in [-0.2, -0.15) is 0 Å². The Morgan fingerprint density at radius 1 is 0.792 bits per heavy atom. The second kappa shape index (κ2) is 6.20. The fourth-order valence-corrected chi connectivity index (χ4v) is 2.97. The molecular formula is C21H18N2O. The number of phenols is 1. The van der Waals surface area contributed by atoms with E-state index in [1.807, 2.05) is 24.3 Å². The van der Waals surface area contributed by atoms with Crippen LogP contribution in [0, 0.1) is 0 Å². The van der Waals surface area contributed by atoms with Crippen LogP contribution >= 0.6 is 0 Å². The van der Waals surface area contributed by atoms with E-state index in [9.17, 15) is 5.11 Å². The molecule has 3 heteroatoms. The summed E-state index contributed by atoms with van der Waals surface area (Å²) in [5.41, 5.74) is 5.92. The normalized spacial score (nSPS) is 13.4. The molecule has 118 valence electrons. The molecule has 0 saturated heterocycles. The molecule has 1 heterocycles. The van der Waals surface area contributed by atoms with Gasteiger partial charge in [-0.3, -0.25) is 4.99 Å². The maximum atomic E-state index is 9.29. The molecule has 0 fully saturated rings. The lowest BCUT2D eigenvalue weighted by Gasteiger charge is -2.17. The smallest absolute Gasteiger partial charge is 0.115 e. The number of hydrogen-bond donors (Lipinski definition) is 1. The standard InChI is InChI=1S/C21H18N2O/c24-21-11-5-16(6-12-21)13-22-19-7-9-20(10-8-19)23-14-17-3-1-2-4-18(17)15-23/h1-13,24H,14-15H2. The van der Waals surface area contributed by atoms with Crippen molar-refractivity contribution in [3.05, 3.63) is 89.5 Å². The second-order valence-corrected chi connectivity index (χ2v) is 5.99. The van der Waals surface area contributed by atoms with E-state index in [1.165, 1.54) is 16.8 Å². The molecule has 0 aliphatic carbocycles. The van der Waals surface area contributed by atoms with Gasteiger partial charge in [-0.1, -0.05) is 24.3 Å². The van der Waals surface area contributed by atoms with Crippen molar-refractivity contribution in [1.82, 2.24) is 0 Å². The molecule has 0 saturated carbocycles. The van der Waals surface area contributed by atoms with Crippen LogP contribution in [0.15, 0.2) is 77.8 Å². The van der Waals surface area contributed by atoms with Crippen LogP contribution in [0.25, 0.3) is 0 Å².